The number of ether oxygens (including phenoxy) is 1. The molecular formula is C16H25ClO3S. The number of hydrogen-bond acceptors (Lipinski definition) is 3. The van der Waals surface area contributed by atoms with E-state index in [4.69, 9.17) is 15.4 Å². The van der Waals surface area contributed by atoms with E-state index in [2.05, 4.69) is 34.6 Å². The number of benzene rings is 1. The van der Waals surface area contributed by atoms with Gasteiger partial charge >= 0.3 is 0 Å². The molecule has 1 rings (SSSR count). The highest BCUT2D eigenvalue weighted by molar-refractivity contribution is 8.13. The molecule has 0 saturated heterocycles. The summed E-state index contributed by atoms with van der Waals surface area (Å²) in [4.78, 5) is 0.127. The molecule has 0 spiro atoms. The van der Waals surface area contributed by atoms with Crippen LogP contribution >= 0.6 is 10.7 Å². The van der Waals surface area contributed by atoms with Gasteiger partial charge in [-0.05, 0) is 47.9 Å². The van der Waals surface area contributed by atoms with Crippen LogP contribution in [0.15, 0.2) is 23.1 Å². The SMILES string of the molecule is CCC(C)c1cc(S(=O)(=O)Cl)ccc1OCCC(C)(C)C. The van der Waals surface area contributed by atoms with Gasteiger partial charge in [-0.1, -0.05) is 34.6 Å². The zero-order valence-electron chi connectivity index (χ0n) is 13.4. The molecule has 120 valence electrons. The van der Waals surface area contributed by atoms with Gasteiger partial charge in [0.25, 0.3) is 9.05 Å². The van der Waals surface area contributed by atoms with Crippen molar-refractivity contribution in [2.24, 2.45) is 5.41 Å². The lowest BCUT2D eigenvalue weighted by Crippen LogP contribution is -2.12. The maximum Gasteiger partial charge on any atom is 0.261 e. The first-order valence-electron chi connectivity index (χ1n) is 7.26. The molecule has 5 heteroatoms. The summed E-state index contributed by atoms with van der Waals surface area (Å²) in [5.41, 5.74) is 1.10. The van der Waals surface area contributed by atoms with Crippen LogP contribution < -0.4 is 4.74 Å². The molecule has 0 amide bonds. The zero-order chi connectivity index (χ0) is 16.3. The van der Waals surface area contributed by atoms with E-state index >= 15 is 0 Å². The van der Waals surface area contributed by atoms with E-state index < -0.39 is 9.05 Å². The normalized spacial score (nSPS) is 14.0. The topological polar surface area (TPSA) is 43.4 Å². The van der Waals surface area contributed by atoms with Crippen LogP contribution in [0.25, 0.3) is 0 Å². The minimum absolute atomic E-state index is 0.127. The van der Waals surface area contributed by atoms with Gasteiger partial charge in [-0.25, -0.2) is 8.42 Å². The van der Waals surface area contributed by atoms with E-state index in [1.807, 2.05) is 0 Å². The van der Waals surface area contributed by atoms with Gasteiger partial charge in [0, 0.05) is 10.7 Å². The van der Waals surface area contributed by atoms with Crippen molar-refractivity contribution in [3.8, 4) is 5.75 Å². The molecule has 1 atom stereocenters. The Morgan fingerprint density at radius 1 is 1.29 bits per heavy atom. The van der Waals surface area contributed by atoms with Crippen molar-refractivity contribution in [1.82, 2.24) is 0 Å². The van der Waals surface area contributed by atoms with E-state index in [1.54, 1.807) is 12.1 Å². The molecule has 0 radical (unpaired) electrons. The number of halogens is 1. The summed E-state index contributed by atoms with van der Waals surface area (Å²) in [6, 6.07) is 4.84. The van der Waals surface area contributed by atoms with Crippen LogP contribution in [0.3, 0.4) is 0 Å². The summed E-state index contributed by atoms with van der Waals surface area (Å²) in [5.74, 6) is 0.964. The molecule has 0 fully saturated rings. The third-order valence-corrected chi connectivity index (χ3v) is 4.87. The molecule has 0 aliphatic heterocycles. The van der Waals surface area contributed by atoms with E-state index in [1.165, 1.54) is 6.07 Å². The molecule has 0 heterocycles. The molecule has 0 saturated carbocycles. The Morgan fingerprint density at radius 3 is 2.38 bits per heavy atom. The molecule has 0 N–H and O–H groups in total. The summed E-state index contributed by atoms with van der Waals surface area (Å²) in [5, 5.41) is 0. The second kappa shape index (κ2) is 7.01. The van der Waals surface area contributed by atoms with Gasteiger partial charge in [-0.15, -0.1) is 0 Å². The van der Waals surface area contributed by atoms with Gasteiger partial charge in [-0.3, -0.25) is 0 Å². The minimum Gasteiger partial charge on any atom is -0.493 e. The van der Waals surface area contributed by atoms with Crippen molar-refractivity contribution in [2.75, 3.05) is 6.61 Å². The van der Waals surface area contributed by atoms with Crippen LogP contribution in [0.5, 0.6) is 5.75 Å². The van der Waals surface area contributed by atoms with E-state index in [-0.39, 0.29) is 16.2 Å². The first kappa shape index (κ1) is 18.3. The molecule has 21 heavy (non-hydrogen) atoms. The lowest BCUT2D eigenvalue weighted by Gasteiger charge is -2.20. The van der Waals surface area contributed by atoms with Crippen molar-refractivity contribution in [2.45, 2.75) is 58.3 Å². The van der Waals surface area contributed by atoms with Crippen LogP contribution in [0, 0.1) is 5.41 Å². The Kier molecular flexibility index (Phi) is 6.11. The summed E-state index contributed by atoms with van der Waals surface area (Å²) < 4.78 is 28.8. The second-order valence-corrected chi connectivity index (χ2v) is 9.17. The summed E-state index contributed by atoms with van der Waals surface area (Å²) in [7, 11) is 1.72. The first-order valence-corrected chi connectivity index (χ1v) is 9.57. The fourth-order valence-electron chi connectivity index (χ4n) is 1.88. The second-order valence-electron chi connectivity index (χ2n) is 6.61. The fourth-order valence-corrected chi connectivity index (χ4v) is 2.67. The summed E-state index contributed by atoms with van der Waals surface area (Å²) in [6.45, 7) is 11.2. The van der Waals surface area contributed by atoms with Crippen molar-refractivity contribution in [3.63, 3.8) is 0 Å². The molecular weight excluding hydrogens is 308 g/mol. The van der Waals surface area contributed by atoms with Crippen LogP contribution in [0.4, 0.5) is 0 Å². The predicted molar refractivity (Wildman–Crippen MR) is 87.8 cm³/mol. The monoisotopic (exact) mass is 332 g/mol. The highest BCUT2D eigenvalue weighted by atomic mass is 35.7. The minimum atomic E-state index is -3.71. The average Bonchev–Trinajstić information content (AvgIpc) is 2.35. The molecule has 1 aromatic carbocycles. The Hall–Kier alpha value is -0.740. The fraction of sp³-hybridized carbons (Fsp3) is 0.625. The van der Waals surface area contributed by atoms with Crippen molar-refractivity contribution < 1.29 is 13.2 Å². The van der Waals surface area contributed by atoms with Crippen molar-refractivity contribution in [1.29, 1.82) is 0 Å². The maximum absolute atomic E-state index is 11.5. The van der Waals surface area contributed by atoms with E-state index in [9.17, 15) is 8.42 Å². The van der Waals surface area contributed by atoms with E-state index in [0.29, 0.717) is 6.61 Å². The highest BCUT2D eigenvalue weighted by Crippen LogP contribution is 2.32. The van der Waals surface area contributed by atoms with Gasteiger partial charge in [0.05, 0.1) is 11.5 Å². The van der Waals surface area contributed by atoms with Crippen LogP contribution in [0.1, 0.15) is 58.9 Å². The van der Waals surface area contributed by atoms with Gasteiger partial charge in [0.2, 0.25) is 0 Å². The smallest absolute Gasteiger partial charge is 0.261 e. The number of hydrogen-bond donors (Lipinski definition) is 0. The molecule has 0 aromatic heterocycles. The molecule has 0 aliphatic rings. The standard InChI is InChI=1S/C16H25ClO3S/c1-6-12(2)14-11-13(21(17,18)19)7-8-15(14)20-10-9-16(3,4)5/h7-8,11-12H,6,9-10H2,1-5H3. The van der Waals surface area contributed by atoms with Crippen LogP contribution in [0.2, 0.25) is 0 Å². The lowest BCUT2D eigenvalue weighted by molar-refractivity contribution is 0.240. The Labute approximate surface area is 133 Å². The van der Waals surface area contributed by atoms with Gasteiger partial charge in [-0.2, -0.15) is 0 Å². The van der Waals surface area contributed by atoms with Crippen molar-refractivity contribution in [3.05, 3.63) is 23.8 Å². The van der Waals surface area contributed by atoms with Crippen LogP contribution in [-0.4, -0.2) is 15.0 Å². The van der Waals surface area contributed by atoms with E-state index in [0.717, 1.165) is 24.2 Å². The molecule has 1 unspecified atom stereocenters. The zero-order valence-corrected chi connectivity index (χ0v) is 15.0. The van der Waals surface area contributed by atoms with Gasteiger partial charge < -0.3 is 4.74 Å². The van der Waals surface area contributed by atoms with Gasteiger partial charge in [0.1, 0.15) is 5.75 Å². The summed E-state index contributed by atoms with van der Waals surface area (Å²) >= 11 is 0. The maximum atomic E-state index is 11.5. The average molecular weight is 333 g/mol. The molecule has 3 nitrogen and oxygen atoms in total. The summed E-state index contributed by atoms with van der Waals surface area (Å²) in [6.07, 6.45) is 1.84. The lowest BCUT2D eigenvalue weighted by atomic mass is 9.93. The molecule has 1 aromatic rings. The highest BCUT2D eigenvalue weighted by Gasteiger charge is 2.17. The van der Waals surface area contributed by atoms with Crippen molar-refractivity contribution >= 4 is 19.7 Å². The Balaban J connectivity index is 3.03. The van der Waals surface area contributed by atoms with Crippen LogP contribution in [-0.2, 0) is 9.05 Å². The quantitative estimate of drug-likeness (QED) is 0.693. The largest absolute Gasteiger partial charge is 0.493 e. The first-order chi connectivity index (χ1) is 9.54. The van der Waals surface area contributed by atoms with Gasteiger partial charge in [0.15, 0.2) is 0 Å². The third-order valence-electron chi connectivity index (χ3n) is 3.52. The predicted octanol–water partition coefficient (Wildman–Crippen LogP) is 4.94. The Morgan fingerprint density at radius 2 is 1.90 bits per heavy atom. The molecule has 0 aliphatic carbocycles. The molecule has 0 bridgehead atoms. The number of rotatable bonds is 6. The Bertz CT molecular complexity index is 574. The third kappa shape index (κ3) is 5.87.